The van der Waals surface area contributed by atoms with Gasteiger partial charge >= 0.3 is 24.8 Å². The van der Waals surface area contributed by atoms with Crippen LogP contribution in [0.2, 0.25) is 0 Å². The van der Waals surface area contributed by atoms with Gasteiger partial charge < -0.3 is 15.7 Å². The molecule has 8 heteroatoms. The van der Waals surface area contributed by atoms with Gasteiger partial charge in [0.05, 0.1) is 6.42 Å². The molecular weight excluding hydrogens is 515 g/mol. The summed E-state index contributed by atoms with van der Waals surface area (Å²) in [5.41, 5.74) is 3.83. The number of hydrogen-bond donors (Lipinski definition) is 3. The van der Waals surface area contributed by atoms with E-state index in [-0.39, 0.29) is 37.2 Å². The van der Waals surface area contributed by atoms with E-state index >= 15 is 0 Å². The Labute approximate surface area is 256 Å². The molecule has 0 bridgehead atoms. The Hall–Kier alpha value is -2.20. The molecular formula is C32H45LiN2O4S. The number of carbonyl (C=O) groups excluding carboxylic acids is 2. The topological polar surface area (TPSA) is 95.5 Å². The van der Waals surface area contributed by atoms with E-state index in [1.165, 1.54) is 32.1 Å². The van der Waals surface area contributed by atoms with E-state index < -0.39 is 17.9 Å². The van der Waals surface area contributed by atoms with Gasteiger partial charge in [-0.15, -0.1) is 0 Å². The zero-order chi connectivity index (χ0) is 28.2. The van der Waals surface area contributed by atoms with Crippen molar-refractivity contribution in [2.24, 2.45) is 5.92 Å². The van der Waals surface area contributed by atoms with Gasteiger partial charge in [0.2, 0.25) is 5.91 Å². The molecule has 1 aliphatic carbocycles. The molecule has 2 aromatic rings. The van der Waals surface area contributed by atoms with E-state index in [1.54, 1.807) is 17.8 Å². The van der Waals surface area contributed by atoms with Gasteiger partial charge in [0.15, 0.2) is 0 Å². The van der Waals surface area contributed by atoms with Gasteiger partial charge in [0, 0.05) is 11.6 Å². The van der Waals surface area contributed by atoms with Crippen LogP contribution in [0, 0.1) is 12.8 Å². The first kappa shape index (κ1) is 34.0. The molecule has 1 aliphatic rings. The maximum absolute atomic E-state index is 13.3. The molecule has 3 N–H and O–H groups in total. The van der Waals surface area contributed by atoms with Gasteiger partial charge in [0.25, 0.3) is 5.91 Å². The van der Waals surface area contributed by atoms with Gasteiger partial charge in [-0.05, 0) is 78.5 Å². The first-order chi connectivity index (χ1) is 18.8. The SMILES string of the molecule is CCCC(CC1CCCCC1)NC(=O)Cc1ccc(C(=O)NC(CCSC)C(=O)O)c(-c2ccccc2C)c1.[LiH]. The number of thioether (sulfide) groups is 1. The number of aryl methyl sites for hydroxylation is 1. The van der Waals surface area contributed by atoms with Crippen molar-refractivity contribution >= 4 is 48.4 Å². The normalized spacial score (nSPS) is 15.0. The van der Waals surface area contributed by atoms with Crippen molar-refractivity contribution in [3.05, 3.63) is 59.2 Å². The predicted octanol–water partition coefficient (Wildman–Crippen LogP) is 5.75. The van der Waals surface area contributed by atoms with E-state index in [9.17, 15) is 19.5 Å². The van der Waals surface area contributed by atoms with E-state index in [0.717, 1.165) is 36.0 Å². The molecule has 2 aromatic carbocycles. The fourth-order valence-electron chi connectivity index (χ4n) is 5.61. The maximum atomic E-state index is 13.3. The molecule has 0 radical (unpaired) electrons. The number of benzene rings is 2. The first-order valence-corrected chi connectivity index (χ1v) is 15.7. The second-order valence-corrected chi connectivity index (χ2v) is 11.8. The molecule has 1 fully saturated rings. The number of rotatable bonds is 14. The van der Waals surface area contributed by atoms with Crippen molar-refractivity contribution in [1.29, 1.82) is 0 Å². The molecule has 0 spiro atoms. The molecule has 214 valence electrons. The molecule has 0 heterocycles. The Morgan fingerprint density at radius 1 is 1.00 bits per heavy atom. The average Bonchev–Trinajstić information content (AvgIpc) is 2.91. The number of amides is 2. The van der Waals surface area contributed by atoms with Crippen LogP contribution in [0.4, 0.5) is 0 Å². The predicted molar refractivity (Wildman–Crippen MR) is 167 cm³/mol. The van der Waals surface area contributed by atoms with Crippen LogP contribution in [0.25, 0.3) is 11.1 Å². The van der Waals surface area contributed by atoms with Crippen LogP contribution < -0.4 is 10.6 Å². The Balaban J connectivity index is 0.00000560. The van der Waals surface area contributed by atoms with Crippen molar-refractivity contribution in [1.82, 2.24) is 10.6 Å². The molecule has 6 nitrogen and oxygen atoms in total. The zero-order valence-electron chi connectivity index (χ0n) is 23.6. The molecule has 2 amide bonds. The van der Waals surface area contributed by atoms with E-state index in [2.05, 4.69) is 17.6 Å². The van der Waals surface area contributed by atoms with Gasteiger partial charge in [0.1, 0.15) is 6.04 Å². The van der Waals surface area contributed by atoms with Crippen LogP contribution in [0.3, 0.4) is 0 Å². The van der Waals surface area contributed by atoms with Crippen LogP contribution in [-0.4, -0.2) is 65.8 Å². The van der Waals surface area contributed by atoms with Gasteiger partial charge in [-0.1, -0.05) is 75.8 Å². The summed E-state index contributed by atoms with van der Waals surface area (Å²) in [6.45, 7) is 4.14. The Morgan fingerprint density at radius 3 is 2.38 bits per heavy atom. The van der Waals surface area contributed by atoms with Crippen molar-refractivity contribution in [3.63, 3.8) is 0 Å². The minimum atomic E-state index is -1.04. The van der Waals surface area contributed by atoms with Crippen LogP contribution >= 0.6 is 11.8 Å². The summed E-state index contributed by atoms with van der Waals surface area (Å²) in [5, 5.41) is 15.6. The number of carbonyl (C=O) groups is 3. The van der Waals surface area contributed by atoms with Crippen molar-refractivity contribution in [2.45, 2.75) is 90.1 Å². The third-order valence-corrected chi connectivity index (χ3v) is 8.33. The van der Waals surface area contributed by atoms with Crippen LogP contribution in [0.5, 0.6) is 0 Å². The van der Waals surface area contributed by atoms with Gasteiger partial charge in [-0.25, -0.2) is 4.79 Å². The van der Waals surface area contributed by atoms with E-state index in [0.29, 0.717) is 29.2 Å². The number of aliphatic carboxylic acids is 1. The summed E-state index contributed by atoms with van der Waals surface area (Å²) in [5.74, 6) is -0.131. The quantitative estimate of drug-likeness (QED) is 0.256. The number of nitrogens with one attached hydrogen (secondary N) is 2. The Bertz CT molecular complexity index is 1120. The fraction of sp³-hybridized carbons (Fsp3) is 0.531. The van der Waals surface area contributed by atoms with Gasteiger partial charge in [-0.2, -0.15) is 11.8 Å². The van der Waals surface area contributed by atoms with Crippen molar-refractivity contribution in [3.8, 4) is 11.1 Å². The van der Waals surface area contributed by atoms with Crippen LogP contribution in [0.1, 0.15) is 86.2 Å². The summed E-state index contributed by atoms with van der Waals surface area (Å²) < 4.78 is 0. The third-order valence-electron chi connectivity index (χ3n) is 7.69. The monoisotopic (exact) mass is 560 g/mol. The molecule has 3 rings (SSSR count). The summed E-state index contributed by atoms with van der Waals surface area (Å²) >= 11 is 1.54. The summed E-state index contributed by atoms with van der Waals surface area (Å²) in [4.78, 5) is 38.2. The average molecular weight is 561 g/mol. The summed E-state index contributed by atoms with van der Waals surface area (Å²) in [6.07, 6.45) is 12.0. The second kappa shape index (κ2) is 17.6. The van der Waals surface area contributed by atoms with E-state index in [1.807, 2.05) is 49.6 Å². The zero-order valence-corrected chi connectivity index (χ0v) is 24.4. The Morgan fingerprint density at radius 2 is 1.73 bits per heavy atom. The van der Waals surface area contributed by atoms with Crippen molar-refractivity contribution < 1.29 is 19.5 Å². The molecule has 0 aromatic heterocycles. The standard InChI is InChI=1S/C32H44N2O4S.Li.H/c1-4-10-25(19-23-12-6-5-7-13-23)33-30(35)21-24-15-16-27(28(20-24)26-14-9-8-11-22(26)2)31(36)34-29(32(37)38)17-18-39-3;;/h8-9,11,14-16,20,23,25,29H,4-7,10,12-13,17-19,21H2,1-3H3,(H,33,35)(H,34,36)(H,37,38);;. The first-order valence-electron chi connectivity index (χ1n) is 14.3. The minimum absolute atomic E-state index is 0. The molecule has 40 heavy (non-hydrogen) atoms. The molecule has 0 saturated heterocycles. The number of carboxylic acids is 1. The van der Waals surface area contributed by atoms with Crippen molar-refractivity contribution in [2.75, 3.05) is 12.0 Å². The second-order valence-electron chi connectivity index (χ2n) is 10.8. The molecule has 1 saturated carbocycles. The Kier molecular flexibility index (Phi) is 14.9. The van der Waals surface area contributed by atoms with Crippen LogP contribution in [-0.2, 0) is 16.0 Å². The summed E-state index contributed by atoms with van der Waals surface area (Å²) in [6, 6.07) is 12.5. The van der Waals surface area contributed by atoms with Gasteiger partial charge in [-0.3, -0.25) is 9.59 Å². The number of hydrogen-bond acceptors (Lipinski definition) is 4. The fourth-order valence-corrected chi connectivity index (χ4v) is 6.08. The molecule has 2 unspecified atom stereocenters. The third kappa shape index (κ3) is 10.3. The number of carboxylic acid groups (broad SMARTS) is 1. The van der Waals surface area contributed by atoms with E-state index in [4.69, 9.17) is 0 Å². The molecule has 0 aliphatic heterocycles. The summed E-state index contributed by atoms with van der Waals surface area (Å²) in [7, 11) is 0. The van der Waals surface area contributed by atoms with Crippen LogP contribution in [0.15, 0.2) is 42.5 Å². The molecule has 2 atom stereocenters.